The standard InChI is InChI=1S/C33H24F3N9OS/c34-23-5-8-26-25(16-23)30-40-41-42-45(30)19-32(26,46)33(35,36)29-10-4-22(18-38-29)21-2-6-24(7-3-21)43-11-13-44(14-12-43)31-39-27-15-20(17-37)1-9-28(27)47-31/h1-10,15-16,18,46H,11-14,19H2/t32-/m0/s1. The highest BCUT2D eigenvalue weighted by atomic mass is 32.1. The van der Waals surface area contributed by atoms with Gasteiger partial charge in [-0.3, -0.25) is 4.98 Å². The number of hydrogen-bond acceptors (Lipinski definition) is 10. The molecule has 5 heterocycles. The Balaban J connectivity index is 0.970. The van der Waals surface area contributed by atoms with Crippen molar-refractivity contribution < 1.29 is 18.3 Å². The Labute approximate surface area is 270 Å². The molecule has 0 unspecified atom stereocenters. The maximum absolute atomic E-state index is 16.1. The summed E-state index contributed by atoms with van der Waals surface area (Å²) in [6, 6.07) is 21.5. The van der Waals surface area contributed by atoms with E-state index in [4.69, 9.17) is 4.98 Å². The number of benzene rings is 3. The number of aromatic nitrogens is 6. The summed E-state index contributed by atoms with van der Waals surface area (Å²) < 4.78 is 48.4. The van der Waals surface area contributed by atoms with Gasteiger partial charge in [0.25, 0.3) is 0 Å². The van der Waals surface area contributed by atoms with E-state index in [-0.39, 0.29) is 17.0 Å². The number of aliphatic hydroxyl groups is 1. The van der Waals surface area contributed by atoms with Gasteiger partial charge in [-0.05, 0) is 64.5 Å². The van der Waals surface area contributed by atoms with Crippen molar-refractivity contribution >= 4 is 32.4 Å². The summed E-state index contributed by atoms with van der Waals surface area (Å²) in [4.78, 5) is 13.4. The first-order valence-electron chi connectivity index (χ1n) is 14.8. The number of nitrogens with zero attached hydrogens (tertiary/aromatic N) is 9. The largest absolute Gasteiger partial charge is 0.377 e. The lowest BCUT2D eigenvalue weighted by molar-refractivity contribution is -0.207. The second kappa shape index (κ2) is 10.9. The fraction of sp³-hybridized carbons (Fsp3) is 0.212. The first-order chi connectivity index (χ1) is 22.7. The molecule has 6 aromatic rings. The van der Waals surface area contributed by atoms with Crippen molar-refractivity contribution in [3.05, 3.63) is 102 Å². The minimum absolute atomic E-state index is 0.00610. The van der Waals surface area contributed by atoms with Gasteiger partial charge in [0.15, 0.2) is 16.6 Å². The van der Waals surface area contributed by atoms with Gasteiger partial charge in [-0.1, -0.05) is 35.6 Å². The Bertz CT molecular complexity index is 2170. The fourth-order valence-corrected chi connectivity index (χ4v) is 7.24. The number of rotatable bonds is 5. The second-order valence-corrected chi connectivity index (χ2v) is 12.5. The fourth-order valence-electron chi connectivity index (χ4n) is 6.24. The van der Waals surface area contributed by atoms with Gasteiger partial charge in [-0.2, -0.15) is 14.0 Å². The Morgan fingerprint density at radius 1 is 0.915 bits per heavy atom. The highest BCUT2D eigenvalue weighted by molar-refractivity contribution is 7.22. The number of nitriles is 1. The summed E-state index contributed by atoms with van der Waals surface area (Å²) in [5.41, 5.74) is 0.327. The van der Waals surface area contributed by atoms with Gasteiger partial charge in [0.05, 0.1) is 28.4 Å². The summed E-state index contributed by atoms with van der Waals surface area (Å²) in [6.45, 7) is 2.56. The van der Waals surface area contributed by atoms with Crippen molar-refractivity contribution in [1.29, 1.82) is 5.26 Å². The zero-order chi connectivity index (χ0) is 32.3. The van der Waals surface area contributed by atoms with Crippen molar-refractivity contribution in [3.63, 3.8) is 0 Å². The van der Waals surface area contributed by atoms with Crippen molar-refractivity contribution in [2.45, 2.75) is 18.1 Å². The number of anilines is 2. The lowest BCUT2D eigenvalue weighted by Crippen LogP contribution is -2.49. The quantitative estimate of drug-likeness (QED) is 0.263. The van der Waals surface area contributed by atoms with E-state index in [9.17, 15) is 14.8 Å². The Morgan fingerprint density at radius 3 is 2.43 bits per heavy atom. The predicted molar refractivity (Wildman–Crippen MR) is 169 cm³/mol. The van der Waals surface area contributed by atoms with Gasteiger partial charge >= 0.3 is 5.92 Å². The van der Waals surface area contributed by atoms with E-state index < -0.39 is 29.6 Å². The van der Waals surface area contributed by atoms with Gasteiger partial charge in [-0.15, -0.1) is 5.10 Å². The molecule has 0 radical (unpaired) electrons. The zero-order valence-corrected chi connectivity index (χ0v) is 25.4. The number of tetrazole rings is 1. The summed E-state index contributed by atoms with van der Waals surface area (Å²) >= 11 is 1.62. The van der Waals surface area contributed by atoms with E-state index in [0.29, 0.717) is 11.1 Å². The van der Waals surface area contributed by atoms with Gasteiger partial charge < -0.3 is 14.9 Å². The van der Waals surface area contributed by atoms with Gasteiger partial charge in [-0.25, -0.2) is 14.1 Å². The van der Waals surface area contributed by atoms with Crippen LogP contribution in [0.1, 0.15) is 16.8 Å². The Morgan fingerprint density at radius 2 is 1.68 bits per heavy atom. The molecule has 2 aliphatic rings. The lowest BCUT2D eigenvalue weighted by atomic mass is 9.80. The van der Waals surface area contributed by atoms with Crippen LogP contribution in [0, 0.1) is 17.1 Å². The molecule has 3 aromatic heterocycles. The van der Waals surface area contributed by atoms with E-state index in [1.54, 1.807) is 17.4 Å². The average Bonchev–Trinajstić information content (AvgIpc) is 3.75. The topological polar surface area (TPSA) is 120 Å². The first-order valence-corrected chi connectivity index (χ1v) is 15.6. The van der Waals surface area contributed by atoms with Gasteiger partial charge in [0.1, 0.15) is 11.5 Å². The zero-order valence-electron chi connectivity index (χ0n) is 24.6. The molecule has 8 rings (SSSR count). The molecule has 2 aliphatic heterocycles. The molecule has 0 spiro atoms. The summed E-state index contributed by atoms with van der Waals surface area (Å²) in [5, 5.41) is 32.7. The second-order valence-electron chi connectivity index (χ2n) is 11.5. The van der Waals surface area contributed by atoms with Gasteiger partial charge in [0.2, 0.25) is 0 Å². The van der Waals surface area contributed by atoms with Crippen LogP contribution in [0.3, 0.4) is 0 Å². The normalized spacial score (nSPS) is 17.8. The highest BCUT2D eigenvalue weighted by Crippen LogP contribution is 2.50. The lowest BCUT2D eigenvalue weighted by Gasteiger charge is -2.39. The maximum atomic E-state index is 16.1. The van der Waals surface area contributed by atoms with Crippen LogP contribution in [0.2, 0.25) is 0 Å². The van der Waals surface area contributed by atoms with Crippen LogP contribution >= 0.6 is 11.3 Å². The molecule has 0 aliphatic carbocycles. The van der Waals surface area contributed by atoms with Gasteiger partial charge in [0, 0.05) is 54.8 Å². The number of alkyl halides is 2. The molecule has 0 saturated carbocycles. The summed E-state index contributed by atoms with van der Waals surface area (Å²) in [7, 11) is 0. The first kappa shape index (κ1) is 29.0. The minimum Gasteiger partial charge on any atom is -0.377 e. The third kappa shape index (κ3) is 4.77. The van der Waals surface area contributed by atoms with E-state index in [2.05, 4.69) is 36.4 Å². The number of thiazole rings is 1. The predicted octanol–water partition coefficient (Wildman–Crippen LogP) is 5.34. The molecular formula is C33H24F3N9OS. The van der Waals surface area contributed by atoms with Crippen LogP contribution in [0.25, 0.3) is 32.7 Å². The summed E-state index contributed by atoms with van der Waals surface area (Å²) in [6.07, 6.45) is 1.36. The molecule has 1 fully saturated rings. The molecule has 10 nitrogen and oxygen atoms in total. The molecule has 1 saturated heterocycles. The van der Waals surface area contributed by atoms with E-state index in [1.165, 1.54) is 12.3 Å². The molecule has 234 valence electrons. The van der Waals surface area contributed by atoms with E-state index in [0.717, 1.165) is 75.7 Å². The molecule has 14 heteroatoms. The molecule has 3 aromatic carbocycles. The SMILES string of the molecule is N#Cc1ccc2sc(N3CCN(c4ccc(-c5ccc(C(F)(F)[C@]6(O)Cn7nnnc7-c7cc(F)ccc76)nc5)cc4)CC3)nc2c1. The third-order valence-electron chi connectivity index (χ3n) is 8.80. The van der Waals surface area contributed by atoms with E-state index >= 15 is 8.78 Å². The van der Waals surface area contributed by atoms with Crippen molar-refractivity contribution in [1.82, 2.24) is 30.2 Å². The van der Waals surface area contributed by atoms with Crippen molar-refractivity contribution in [2.75, 3.05) is 36.0 Å². The molecule has 0 amide bonds. The molecule has 1 N–H and O–H groups in total. The smallest absolute Gasteiger partial charge is 0.323 e. The molecule has 1 atom stereocenters. The molecule has 47 heavy (non-hydrogen) atoms. The van der Waals surface area contributed by atoms with Crippen LogP contribution in [0.4, 0.5) is 24.0 Å². The Hall–Kier alpha value is -5.39. The number of piperazine rings is 1. The van der Waals surface area contributed by atoms with Crippen LogP contribution < -0.4 is 9.80 Å². The van der Waals surface area contributed by atoms with Crippen LogP contribution in [-0.2, 0) is 18.1 Å². The number of pyridine rings is 1. The summed E-state index contributed by atoms with van der Waals surface area (Å²) in [5.74, 6) is -4.43. The monoisotopic (exact) mass is 651 g/mol. The number of hydrogen-bond donors (Lipinski definition) is 1. The number of halogens is 3. The van der Waals surface area contributed by atoms with Crippen LogP contribution in [0.15, 0.2) is 79.0 Å². The van der Waals surface area contributed by atoms with Crippen LogP contribution in [0.5, 0.6) is 0 Å². The molecular weight excluding hydrogens is 627 g/mol. The number of fused-ring (bicyclic) bond motifs is 4. The van der Waals surface area contributed by atoms with Crippen molar-refractivity contribution in [3.8, 4) is 28.6 Å². The minimum atomic E-state index is -3.86. The van der Waals surface area contributed by atoms with Crippen LogP contribution in [-0.4, -0.2) is 61.5 Å². The highest BCUT2D eigenvalue weighted by Gasteiger charge is 2.59. The average molecular weight is 652 g/mol. The van der Waals surface area contributed by atoms with E-state index in [1.807, 2.05) is 42.5 Å². The Kier molecular flexibility index (Phi) is 6.71. The maximum Gasteiger partial charge on any atom is 0.323 e. The third-order valence-corrected chi connectivity index (χ3v) is 9.90. The molecule has 0 bridgehead atoms. The van der Waals surface area contributed by atoms with Crippen molar-refractivity contribution in [2.24, 2.45) is 0 Å².